The van der Waals surface area contributed by atoms with Crippen molar-refractivity contribution in [3.8, 4) is 0 Å². The van der Waals surface area contributed by atoms with Gasteiger partial charge in [-0.3, -0.25) is 4.72 Å². The summed E-state index contributed by atoms with van der Waals surface area (Å²) in [4.78, 5) is 0.175. The molecule has 0 saturated carbocycles. The highest BCUT2D eigenvalue weighted by Crippen LogP contribution is 2.30. The number of rotatable bonds is 5. The van der Waals surface area contributed by atoms with Gasteiger partial charge in [0.2, 0.25) is 0 Å². The lowest BCUT2D eigenvalue weighted by Gasteiger charge is -2.15. The normalized spacial score (nSPS) is 11.2. The van der Waals surface area contributed by atoms with Crippen LogP contribution in [0.2, 0.25) is 0 Å². The fourth-order valence-corrected chi connectivity index (χ4v) is 3.67. The first kappa shape index (κ1) is 17.9. The zero-order chi connectivity index (χ0) is 18.7. The third kappa shape index (κ3) is 3.83. The Hall–Kier alpha value is -2.92. The molecular weight excluding hydrogens is 349 g/mol. The molecule has 3 aromatic carbocycles. The summed E-state index contributed by atoms with van der Waals surface area (Å²) in [6.07, 6.45) is 0. The standard InChI is InChI=1S/C21H18FNO2S/c1-15-10-12-19(13-11-15)26(24,25)23-21-9-4-3-8-20(21)16(2)17-6-5-7-18(22)14-17/h3-14,23H,2H2,1H3. The van der Waals surface area contributed by atoms with Crippen molar-refractivity contribution in [2.24, 2.45) is 0 Å². The highest BCUT2D eigenvalue weighted by Gasteiger charge is 2.17. The van der Waals surface area contributed by atoms with Crippen molar-refractivity contribution in [1.82, 2.24) is 0 Å². The maximum absolute atomic E-state index is 13.5. The summed E-state index contributed by atoms with van der Waals surface area (Å²) in [7, 11) is -3.74. The SMILES string of the molecule is C=C(c1cccc(F)c1)c1ccccc1NS(=O)(=O)c1ccc(C)cc1. The smallest absolute Gasteiger partial charge is 0.261 e. The van der Waals surface area contributed by atoms with Gasteiger partial charge in [-0.2, -0.15) is 0 Å². The van der Waals surface area contributed by atoms with E-state index in [4.69, 9.17) is 0 Å². The van der Waals surface area contributed by atoms with Gasteiger partial charge >= 0.3 is 0 Å². The summed E-state index contributed by atoms with van der Waals surface area (Å²) in [5.74, 6) is -0.374. The van der Waals surface area contributed by atoms with E-state index in [0.717, 1.165) is 5.56 Å². The maximum Gasteiger partial charge on any atom is 0.261 e. The Balaban J connectivity index is 1.97. The lowest BCUT2D eigenvalue weighted by atomic mass is 9.98. The number of hydrogen-bond acceptors (Lipinski definition) is 2. The Labute approximate surface area is 152 Å². The highest BCUT2D eigenvalue weighted by atomic mass is 32.2. The van der Waals surface area contributed by atoms with E-state index in [1.807, 2.05) is 6.92 Å². The third-order valence-corrected chi connectivity index (χ3v) is 5.38. The van der Waals surface area contributed by atoms with Crippen molar-refractivity contribution < 1.29 is 12.8 Å². The van der Waals surface area contributed by atoms with Crippen molar-refractivity contribution >= 4 is 21.3 Å². The number of aryl methyl sites for hydroxylation is 1. The molecule has 0 aliphatic heterocycles. The van der Waals surface area contributed by atoms with Crippen LogP contribution in [0, 0.1) is 12.7 Å². The molecule has 0 heterocycles. The molecule has 0 amide bonds. The second-order valence-corrected chi connectivity index (χ2v) is 7.64. The van der Waals surface area contributed by atoms with Gasteiger partial charge in [-0.15, -0.1) is 0 Å². The summed E-state index contributed by atoms with van der Waals surface area (Å²) in [6.45, 7) is 5.90. The Bertz CT molecular complexity index is 1060. The lowest BCUT2D eigenvalue weighted by molar-refractivity contribution is 0.601. The van der Waals surface area contributed by atoms with Crippen molar-refractivity contribution in [2.75, 3.05) is 4.72 Å². The maximum atomic E-state index is 13.5. The van der Waals surface area contributed by atoms with E-state index in [1.165, 1.54) is 12.1 Å². The van der Waals surface area contributed by atoms with E-state index in [2.05, 4.69) is 11.3 Å². The van der Waals surface area contributed by atoms with Crippen molar-refractivity contribution in [3.63, 3.8) is 0 Å². The molecule has 0 aliphatic rings. The molecule has 0 bridgehead atoms. The third-order valence-electron chi connectivity index (χ3n) is 4.00. The molecule has 0 aromatic heterocycles. The van der Waals surface area contributed by atoms with E-state index in [1.54, 1.807) is 60.7 Å². The van der Waals surface area contributed by atoms with Gasteiger partial charge in [-0.1, -0.05) is 54.6 Å². The van der Waals surface area contributed by atoms with Crippen molar-refractivity contribution in [3.05, 3.63) is 102 Å². The van der Waals surface area contributed by atoms with Crippen molar-refractivity contribution in [2.45, 2.75) is 11.8 Å². The van der Waals surface area contributed by atoms with Crippen LogP contribution in [0.25, 0.3) is 5.57 Å². The van der Waals surface area contributed by atoms with Crippen LogP contribution in [0.1, 0.15) is 16.7 Å². The predicted molar refractivity (Wildman–Crippen MR) is 103 cm³/mol. The van der Waals surface area contributed by atoms with Gasteiger partial charge in [0.25, 0.3) is 10.0 Å². The van der Waals surface area contributed by atoms with Gasteiger partial charge in [0.1, 0.15) is 5.82 Å². The van der Waals surface area contributed by atoms with Crippen LogP contribution in [0.5, 0.6) is 0 Å². The monoisotopic (exact) mass is 367 g/mol. The summed E-state index contributed by atoms with van der Waals surface area (Å²) in [5.41, 5.74) is 3.08. The lowest BCUT2D eigenvalue weighted by Crippen LogP contribution is -2.14. The van der Waals surface area contributed by atoms with Crippen LogP contribution in [0.15, 0.2) is 84.3 Å². The fourth-order valence-electron chi connectivity index (χ4n) is 2.59. The summed E-state index contributed by atoms with van der Waals surface area (Å²) >= 11 is 0. The summed E-state index contributed by atoms with van der Waals surface area (Å²) in [6, 6.07) is 19.6. The molecule has 3 rings (SSSR count). The van der Waals surface area contributed by atoms with Crippen LogP contribution in [0.4, 0.5) is 10.1 Å². The van der Waals surface area contributed by atoms with E-state index in [-0.39, 0.29) is 10.7 Å². The molecule has 3 aromatic rings. The minimum absolute atomic E-state index is 0.175. The van der Waals surface area contributed by atoms with E-state index >= 15 is 0 Å². The van der Waals surface area contributed by atoms with Crippen LogP contribution in [-0.2, 0) is 10.0 Å². The Morgan fingerprint density at radius 1 is 0.962 bits per heavy atom. The minimum Gasteiger partial charge on any atom is -0.279 e. The first-order chi connectivity index (χ1) is 12.4. The molecule has 26 heavy (non-hydrogen) atoms. The molecule has 0 unspecified atom stereocenters. The van der Waals surface area contributed by atoms with Crippen LogP contribution >= 0.6 is 0 Å². The minimum atomic E-state index is -3.74. The van der Waals surface area contributed by atoms with Gasteiger partial charge in [0.05, 0.1) is 10.6 Å². The summed E-state index contributed by atoms with van der Waals surface area (Å²) < 4.78 is 41.5. The predicted octanol–water partition coefficient (Wildman–Crippen LogP) is 5.00. The van der Waals surface area contributed by atoms with Gasteiger partial charge < -0.3 is 0 Å². The van der Waals surface area contributed by atoms with E-state index in [0.29, 0.717) is 22.4 Å². The van der Waals surface area contributed by atoms with Gasteiger partial charge in [0.15, 0.2) is 0 Å². The van der Waals surface area contributed by atoms with Crippen LogP contribution < -0.4 is 4.72 Å². The molecule has 0 aliphatic carbocycles. The zero-order valence-corrected chi connectivity index (χ0v) is 15.1. The number of hydrogen-bond donors (Lipinski definition) is 1. The van der Waals surface area contributed by atoms with Gasteiger partial charge in [0, 0.05) is 5.56 Å². The molecular formula is C21H18FNO2S. The van der Waals surface area contributed by atoms with Gasteiger partial charge in [-0.05, 0) is 48.4 Å². The Morgan fingerprint density at radius 2 is 1.65 bits per heavy atom. The molecule has 3 nitrogen and oxygen atoms in total. The molecule has 5 heteroatoms. The number of sulfonamides is 1. The average molecular weight is 367 g/mol. The summed E-state index contributed by atoms with van der Waals surface area (Å²) in [5, 5.41) is 0. The van der Waals surface area contributed by atoms with Crippen molar-refractivity contribution in [1.29, 1.82) is 0 Å². The number of halogens is 1. The molecule has 0 radical (unpaired) electrons. The molecule has 0 spiro atoms. The molecule has 0 fully saturated rings. The second-order valence-electron chi connectivity index (χ2n) is 5.95. The number of benzene rings is 3. The quantitative estimate of drug-likeness (QED) is 0.690. The fraction of sp³-hybridized carbons (Fsp3) is 0.0476. The number of para-hydroxylation sites is 1. The molecule has 1 N–H and O–H groups in total. The van der Waals surface area contributed by atoms with Gasteiger partial charge in [-0.25, -0.2) is 12.8 Å². The Morgan fingerprint density at radius 3 is 2.35 bits per heavy atom. The number of anilines is 1. The number of nitrogens with one attached hydrogen (secondary N) is 1. The largest absolute Gasteiger partial charge is 0.279 e. The molecule has 132 valence electrons. The average Bonchev–Trinajstić information content (AvgIpc) is 2.62. The topological polar surface area (TPSA) is 46.2 Å². The zero-order valence-electron chi connectivity index (χ0n) is 14.2. The van der Waals surface area contributed by atoms with Crippen LogP contribution in [-0.4, -0.2) is 8.42 Å². The highest BCUT2D eigenvalue weighted by molar-refractivity contribution is 7.92. The first-order valence-electron chi connectivity index (χ1n) is 8.00. The van der Waals surface area contributed by atoms with E-state index in [9.17, 15) is 12.8 Å². The Kier molecular flexibility index (Phi) is 4.91. The first-order valence-corrected chi connectivity index (χ1v) is 9.49. The van der Waals surface area contributed by atoms with E-state index < -0.39 is 10.0 Å². The molecule has 0 saturated heterocycles. The second kappa shape index (κ2) is 7.14. The van der Waals surface area contributed by atoms with Crippen LogP contribution in [0.3, 0.4) is 0 Å². The molecule has 0 atom stereocenters.